The minimum Gasteiger partial charge on any atom is -0.352 e. The van der Waals surface area contributed by atoms with E-state index in [1.54, 1.807) is 0 Å². The lowest BCUT2D eigenvalue weighted by Gasteiger charge is -2.10. The lowest BCUT2D eigenvalue weighted by Crippen LogP contribution is -2.27. The molecular formula is C20H22F3N3O2. The summed E-state index contributed by atoms with van der Waals surface area (Å²) in [6.07, 6.45) is -3.60. The van der Waals surface area contributed by atoms with Crippen molar-refractivity contribution in [2.24, 2.45) is 0 Å². The molecule has 0 bridgehead atoms. The number of nitrogens with one attached hydrogen (secondary N) is 2. The van der Waals surface area contributed by atoms with Crippen molar-refractivity contribution >= 4 is 17.5 Å². The van der Waals surface area contributed by atoms with E-state index < -0.39 is 17.6 Å². The van der Waals surface area contributed by atoms with Crippen molar-refractivity contribution in [1.82, 2.24) is 10.2 Å². The number of anilines is 1. The zero-order chi connectivity index (χ0) is 20.7. The molecule has 0 fully saturated rings. The van der Waals surface area contributed by atoms with Crippen molar-refractivity contribution in [1.29, 1.82) is 0 Å². The first-order valence-electron chi connectivity index (χ1n) is 8.68. The first-order valence-corrected chi connectivity index (χ1v) is 8.68. The van der Waals surface area contributed by atoms with Gasteiger partial charge < -0.3 is 15.5 Å². The molecule has 0 atom stereocenters. The Morgan fingerprint density at radius 2 is 1.43 bits per heavy atom. The molecule has 0 radical (unpaired) electrons. The van der Waals surface area contributed by atoms with E-state index in [-0.39, 0.29) is 11.6 Å². The molecule has 0 aliphatic heterocycles. The van der Waals surface area contributed by atoms with Crippen LogP contribution < -0.4 is 10.6 Å². The van der Waals surface area contributed by atoms with Crippen LogP contribution in [0.5, 0.6) is 0 Å². The third kappa shape index (κ3) is 6.38. The molecule has 8 heteroatoms. The van der Waals surface area contributed by atoms with Crippen molar-refractivity contribution in [2.75, 3.05) is 32.5 Å². The van der Waals surface area contributed by atoms with Crippen molar-refractivity contribution in [2.45, 2.75) is 12.6 Å². The number of rotatable bonds is 7. The highest BCUT2D eigenvalue weighted by Gasteiger charge is 2.30. The normalized spacial score (nSPS) is 11.4. The molecule has 5 nitrogen and oxygen atoms in total. The summed E-state index contributed by atoms with van der Waals surface area (Å²) in [5, 5.41) is 5.33. The Morgan fingerprint density at radius 1 is 0.893 bits per heavy atom. The van der Waals surface area contributed by atoms with E-state index in [0.717, 1.165) is 25.1 Å². The molecule has 0 aromatic heterocycles. The summed E-state index contributed by atoms with van der Waals surface area (Å²) < 4.78 is 37.7. The molecule has 0 unspecified atom stereocenters. The minimum atomic E-state index is -4.43. The average Bonchev–Trinajstić information content (AvgIpc) is 2.64. The van der Waals surface area contributed by atoms with Crippen LogP contribution in [0.15, 0.2) is 48.5 Å². The summed E-state index contributed by atoms with van der Waals surface area (Å²) >= 11 is 0. The maximum absolute atomic E-state index is 12.6. The van der Waals surface area contributed by atoms with Gasteiger partial charge in [0.05, 0.1) is 5.56 Å². The smallest absolute Gasteiger partial charge is 0.352 e. The number of hydrogen-bond donors (Lipinski definition) is 2. The van der Waals surface area contributed by atoms with E-state index in [4.69, 9.17) is 0 Å². The topological polar surface area (TPSA) is 61.4 Å². The van der Waals surface area contributed by atoms with Crippen molar-refractivity contribution in [3.8, 4) is 0 Å². The monoisotopic (exact) mass is 393 g/mol. The summed E-state index contributed by atoms with van der Waals surface area (Å²) in [4.78, 5) is 26.3. The molecule has 2 aromatic rings. The Bertz CT molecular complexity index is 801. The van der Waals surface area contributed by atoms with Crippen LogP contribution in [0.4, 0.5) is 18.9 Å². The number of amides is 2. The summed E-state index contributed by atoms with van der Waals surface area (Å²) in [6, 6.07) is 10.2. The van der Waals surface area contributed by atoms with Crippen molar-refractivity contribution < 1.29 is 22.8 Å². The Labute approximate surface area is 161 Å². The van der Waals surface area contributed by atoms with Gasteiger partial charge in [-0.2, -0.15) is 13.2 Å². The molecule has 2 N–H and O–H groups in total. The minimum absolute atomic E-state index is 0.228. The number of hydrogen-bond acceptors (Lipinski definition) is 3. The number of benzene rings is 2. The van der Waals surface area contributed by atoms with E-state index in [9.17, 15) is 22.8 Å². The van der Waals surface area contributed by atoms with Gasteiger partial charge in [-0.3, -0.25) is 9.59 Å². The maximum atomic E-state index is 12.6. The fourth-order valence-corrected chi connectivity index (χ4v) is 2.42. The van der Waals surface area contributed by atoms with E-state index in [1.807, 2.05) is 19.0 Å². The summed E-state index contributed by atoms with van der Waals surface area (Å²) in [5.74, 6) is -0.703. The predicted octanol–water partition coefficient (Wildman–Crippen LogP) is 3.64. The Balaban J connectivity index is 1.91. The van der Waals surface area contributed by atoms with Gasteiger partial charge >= 0.3 is 6.18 Å². The number of carbonyl (C=O) groups excluding carboxylic acids is 2. The highest BCUT2D eigenvalue weighted by atomic mass is 19.4. The van der Waals surface area contributed by atoms with Crippen molar-refractivity contribution in [3.63, 3.8) is 0 Å². The first kappa shape index (κ1) is 21.4. The van der Waals surface area contributed by atoms with E-state index in [2.05, 4.69) is 10.6 Å². The highest BCUT2D eigenvalue weighted by Crippen LogP contribution is 2.29. The molecule has 0 aliphatic carbocycles. The molecule has 28 heavy (non-hydrogen) atoms. The number of alkyl halides is 3. The van der Waals surface area contributed by atoms with E-state index in [1.165, 1.54) is 36.4 Å². The van der Waals surface area contributed by atoms with Crippen LogP contribution in [0.3, 0.4) is 0 Å². The molecule has 2 amide bonds. The quantitative estimate of drug-likeness (QED) is 0.706. The molecular weight excluding hydrogens is 371 g/mol. The van der Waals surface area contributed by atoms with Crippen LogP contribution in [0.2, 0.25) is 0 Å². The summed E-state index contributed by atoms with van der Waals surface area (Å²) in [5.41, 5.74) is 0.187. The number of halogens is 3. The Hall–Kier alpha value is -2.87. The van der Waals surface area contributed by atoms with Gasteiger partial charge in [-0.15, -0.1) is 0 Å². The van der Waals surface area contributed by atoms with Gasteiger partial charge in [0, 0.05) is 23.4 Å². The average molecular weight is 393 g/mol. The molecule has 2 rings (SSSR count). The summed E-state index contributed by atoms with van der Waals surface area (Å²) in [6.45, 7) is 1.41. The standard InChI is InChI=1S/C20H22F3N3O2/c1-26(2)13-3-12-24-18(27)14-4-6-15(7-5-14)19(28)25-17-10-8-16(9-11-17)20(21,22)23/h4-11H,3,12-13H2,1-2H3,(H,24,27)(H,25,28). The Kier molecular flexibility index (Phi) is 7.17. The van der Waals surface area contributed by atoms with Crippen LogP contribution in [-0.4, -0.2) is 43.9 Å². The van der Waals surface area contributed by atoms with Gasteiger partial charge in [-0.05, 0) is 75.6 Å². The van der Waals surface area contributed by atoms with Gasteiger partial charge in [-0.25, -0.2) is 0 Å². The van der Waals surface area contributed by atoms with Crippen LogP contribution in [0, 0.1) is 0 Å². The maximum Gasteiger partial charge on any atom is 0.416 e. The molecule has 2 aromatic carbocycles. The number of carbonyl (C=O) groups is 2. The highest BCUT2D eigenvalue weighted by molar-refractivity contribution is 6.05. The zero-order valence-corrected chi connectivity index (χ0v) is 15.6. The fraction of sp³-hybridized carbons (Fsp3) is 0.300. The fourth-order valence-electron chi connectivity index (χ4n) is 2.42. The van der Waals surface area contributed by atoms with Gasteiger partial charge in [0.2, 0.25) is 0 Å². The van der Waals surface area contributed by atoms with Crippen molar-refractivity contribution in [3.05, 3.63) is 65.2 Å². The second kappa shape index (κ2) is 9.36. The summed E-state index contributed by atoms with van der Waals surface area (Å²) in [7, 11) is 3.91. The lowest BCUT2D eigenvalue weighted by molar-refractivity contribution is -0.137. The van der Waals surface area contributed by atoms with Crippen LogP contribution >= 0.6 is 0 Å². The van der Waals surface area contributed by atoms with E-state index >= 15 is 0 Å². The predicted molar refractivity (Wildman–Crippen MR) is 101 cm³/mol. The lowest BCUT2D eigenvalue weighted by atomic mass is 10.1. The van der Waals surface area contributed by atoms with Crippen LogP contribution in [-0.2, 0) is 6.18 Å². The SMILES string of the molecule is CN(C)CCCNC(=O)c1ccc(C(=O)Nc2ccc(C(F)(F)F)cc2)cc1. The molecule has 0 saturated heterocycles. The first-order chi connectivity index (χ1) is 13.2. The molecule has 150 valence electrons. The molecule has 0 heterocycles. The Morgan fingerprint density at radius 3 is 1.93 bits per heavy atom. The molecule has 0 spiro atoms. The largest absolute Gasteiger partial charge is 0.416 e. The van der Waals surface area contributed by atoms with Gasteiger partial charge in [0.25, 0.3) is 11.8 Å². The van der Waals surface area contributed by atoms with E-state index in [0.29, 0.717) is 17.7 Å². The number of nitrogens with zero attached hydrogens (tertiary/aromatic N) is 1. The zero-order valence-electron chi connectivity index (χ0n) is 15.6. The van der Waals surface area contributed by atoms with Crippen LogP contribution in [0.25, 0.3) is 0 Å². The van der Waals surface area contributed by atoms with Gasteiger partial charge in [0.15, 0.2) is 0 Å². The molecule has 0 aliphatic rings. The molecule has 0 saturated carbocycles. The third-order valence-corrected chi connectivity index (χ3v) is 3.95. The van der Waals surface area contributed by atoms with Gasteiger partial charge in [0.1, 0.15) is 0 Å². The second-order valence-electron chi connectivity index (χ2n) is 6.52. The van der Waals surface area contributed by atoms with Crippen LogP contribution in [0.1, 0.15) is 32.7 Å². The third-order valence-electron chi connectivity index (χ3n) is 3.95. The second-order valence-corrected chi connectivity index (χ2v) is 6.52. The van der Waals surface area contributed by atoms with Gasteiger partial charge in [-0.1, -0.05) is 0 Å².